The second-order valence-electron chi connectivity index (χ2n) is 8.82. The lowest BCUT2D eigenvalue weighted by atomic mass is 10.00. The summed E-state index contributed by atoms with van der Waals surface area (Å²) in [6.45, 7) is 0. The highest BCUT2D eigenvalue weighted by Crippen LogP contribution is 2.53. The zero-order valence-electron chi connectivity index (χ0n) is 19.6. The van der Waals surface area contributed by atoms with Crippen molar-refractivity contribution in [2.45, 2.75) is 17.6 Å². The summed E-state index contributed by atoms with van der Waals surface area (Å²) in [5.41, 5.74) is 4.83. The molecular weight excluding hydrogens is 499 g/mol. The van der Waals surface area contributed by atoms with Gasteiger partial charge in [0.2, 0.25) is 0 Å². The molecule has 0 fully saturated rings. The first-order valence-corrected chi connectivity index (χ1v) is 14.7. The van der Waals surface area contributed by atoms with Crippen molar-refractivity contribution in [3.8, 4) is 0 Å². The molecule has 0 spiro atoms. The van der Waals surface area contributed by atoms with E-state index < -0.39 is 0 Å². The zero-order valence-corrected chi connectivity index (χ0v) is 22.1. The number of nitrogens with zero attached hydrogens (tertiary/aromatic N) is 1. The third-order valence-electron chi connectivity index (χ3n) is 6.49. The Labute approximate surface area is 224 Å². The van der Waals surface area contributed by atoms with Gasteiger partial charge >= 0.3 is 0 Å². The second-order valence-corrected chi connectivity index (χ2v) is 12.3. The van der Waals surface area contributed by atoms with Gasteiger partial charge in [0.1, 0.15) is 0 Å². The summed E-state index contributed by atoms with van der Waals surface area (Å²) in [6.07, 6.45) is 6.80. The highest BCUT2D eigenvalue weighted by molar-refractivity contribution is 8.08. The van der Waals surface area contributed by atoms with Crippen LogP contribution in [0.3, 0.4) is 0 Å². The van der Waals surface area contributed by atoms with E-state index in [9.17, 15) is 4.79 Å². The van der Waals surface area contributed by atoms with Crippen molar-refractivity contribution in [2.75, 3.05) is 10.7 Å². The van der Waals surface area contributed by atoms with E-state index in [1.807, 2.05) is 29.6 Å². The van der Waals surface area contributed by atoms with Crippen molar-refractivity contribution in [3.63, 3.8) is 0 Å². The van der Waals surface area contributed by atoms with Crippen molar-refractivity contribution < 1.29 is 4.79 Å². The summed E-state index contributed by atoms with van der Waals surface area (Å²) in [5, 5.41) is 0.431. The summed E-state index contributed by atoms with van der Waals surface area (Å²) in [4.78, 5) is 18.3. The molecule has 0 saturated carbocycles. The van der Waals surface area contributed by atoms with Gasteiger partial charge in [-0.05, 0) is 60.5 Å². The lowest BCUT2D eigenvalue weighted by Crippen LogP contribution is -2.09. The zero-order chi connectivity index (χ0) is 24.3. The molecular formula is C31H25NOS3. The Morgan fingerprint density at radius 3 is 2.06 bits per heavy atom. The number of aldehydes is 1. The van der Waals surface area contributed by atoms with Gasteiger partial charge in [-0.15, -0.1) is 34.9 Å². The maximum Gasteiger partial charge on any atom is 0.160 e. The number of para-hydroxylation sites is 2. The van der Waals surface area contributed by atoms with E-state index in [4.69, 9.17) is 0 Å². The molecule has 2 atom stereocenters. The predicted molar refractivity (Wildman–Crippen MR) is 157 cm³/mol. The van der Waals surface area contributed by atoms with Crippen molar-refractivity contribution in [1.29, 1.82) is 0 Å². The Hall–Kier alpha value is -2.99. The van der Waals surface area contributed by atoms with Crippen LogP contribution in [0, 0.1) is 0 Å². The molecule has 2 aliphatic heterocycles. The van der Waals surface area contributed by atoms with Crippen molar-refractivity contribution in [1.82, 2.24) is 0 Å². The SMILES string of the molecule is O=Cc1ccc(C2CC=C(C3=CC(c4ccc(N(c5ccccc5)c5ccccc5)cc4)CS3)S2)s1. The number of hydrogen-bond acceptors (Lipinski definition) is 5. The molecule has 0 radical (unpaired) electrons. The first-order valence-electron chi connectivity index (χ1n) is 12.1. The molecule has 2 nitrogen and oxygen atoms in total. The van der Waals surface area contributed by atoms with Gasteiger partial charge in [0.15, 0.2) is 6.29 Å². The maximum absolute atomic E-state index is 11.1. The van der Waals surface area contributed by atoms with Crippen molar-refractivity contribution >= 4 is 58.2 Å². The Kier molecular flexibility index (Phi) is 6.86. The summed E-state index contributed by atoms with van der Waals surface area (Å²) in [5.74, 6) is 1.50. The highest BCUT2D eigenvalue weighted by Gasteiger charge is 2.27. The van der Waals surface area contributed by atoms with E-state index in [1.54, 1.807) is 11.3 Å². The number of carbonyl (C=O) groups excluding carboxylic acids is 1. The van der Waals surface area contributed by atoms with E-state index in [-0.39, 0.29) is 0 Å². The fourth-order valence-corrected chi connectivity index (χ4v) is 8.31. The molecule has 178 valence electrons. The maximum atomic E-state index is 11.1. The number of thioether (sulfide) groups is 2. The third kappa shape index (κ3) is 4.83. The van der Waals surface area contributed by atoms with E-state index in [2.05, 4.69) is 108 Å². The molecule has 2 aliphatic rings. The van der Waals surface area contributed by atoms with Crippen LogP contribution in [0.1, 0.15) is 37.7 Å². The minimum atomic E-state index is 0.421. The Morgan fingerprint density at radius 2 is 1.42 bits per heavy atom. The van der Waals surface area contributed by atoms with Crippen LogP contribution in [0.25, 0.3) is 0 Å². The molecule has 0 amide bonds. The van der Waals surface area contributed by atoms with Crippen LogP contribution in [0.2, 0.25) is 0 Å². The van der Waals surface area contributed by atoms with Crippen LogP contribution in [-0.4, -0.2) is 12.0 Å². The molecule has 0 saturated heterocycles. The number of anilines is 3. The number of rotatable bonds is 7. The van der Waals surface area contributed by atoms with E-state index in [0.29, 0.717) is 11.2 Å². The monoisotopic (exact) mass is 523 g/mol. The number of carbonyl (C=O) groups is 1. The first-order chi connectivity index (χ1) is 17.8. The van der Waals surface area contributed by atoms with Crippen LogP contribution >= 0.6 is 34.9 Å². The predicted octanol–water partition coefficient (Wildman–Crippen LogP) is 9.51. The van der Waals surface area contributed by atoms with Gasteiger partial charge < -0.3 is 4.90 Å². The van der Waals surface area contributed by atoms with Crippen molar-refractivity contribution in [3.05, 3.63) is 134 Å². The van der Waals surface area contributed by atoms with Crippen LogP contribution in [0.5, 0.6) is 0 Å². The molecule has 0 bridgehead atoms. The summed E-state index contributed by atoms with van der Waals surface area (Å²) in [6, 6.07) is 34.2. The molecule has 3 aromatic carbocycles. The lowest BCUT2D eigenvalue weighted by Gasteiger charge is -2.25. The molecule has 36 heavy (non-hydrogen) atoms. The molecule has 6 rings (SSSR count). The molecule has 4 aromatic rings. The molecule has 2 unspecified atom stereocenters. The fourth-order valence-electron chi connectivity index (χ4n) is 4.68. The van der Waals surface area contributed by atoms with Crippen LogP contribution in [0.15, 0.2) is 119 Å². The highest BCUT2D eigenvalue weighted by atomic mass is 32.2. The number of thiophene rings is 1. The minimum Gasteiger partial charge on any atom is -0.311 e. The molecule has 0 N–H and O–H groups in total. The number of allylic oxidation sites excluding steroid dienone is 2. The summed E-state index contributed by atoms with van der Waals surface area (Å²) < 4.78 is 0. The van der Waals surface area contributed by atoms with Gasteiger partial charge in [-0.3, -0.25) is 4.79 Å². The minimum absolute atomic E-state index is 0.421. The van der Waals surface area contributed by atoms with Gasteiger partial charge in [0.25, 0.3) is 0 Å². The molecule has 5 heteroatoms. The van der Waals surface area contributed by atoms with E-state index in [1.165, 1.54) is 20.3 Å². The standard InChI is InChI=1S/C31H25NOS3/c33-20-27-15-16-28(35-27)29-17-18-30(36-29)31-19-23(21-34-31)22-11-13-26(14-12-22)32(24-7-3-1-4-8-24)25-9-5-2-6-10-25/h1-16,18-20,23,29H,17,21H2. The fraction of sp³-hybridized carbons (Fsp3) is 0.129. The molecule has 0 aliphatic carbocycles. The smallest absolute Gasteiger partial charge is 0.160 e. The first kappa shape index (κ1) is 23.4. The third-order valence-corrected chi connectivity index (χ3v) is 10.5. The van der Waals surface area contributed by atoms with Crippen LogP contribution < -0.4 is 4.90 Å². The average Bonchev–Trinajstić information content (AvgIpc) is 3.71. The summed E-state index contributed by atoms with van der Waals surface area (Å²) in [7, 11) is 0. The average molecular weight is 524 g/mol. The van der Waals surface area contributed by atoms with Gasteiger partial charge in [0.05, 0.1) is 4.88 Å². The van der Waals surface area contributed by atoms with Gasteiger partial charge in [-0.25, -0.2) is 0 Å². The topological polar surface area (TPSA) is 20.3 Å². The largest absolute Gasteiger partial charge is 0.311 e. The Balaban J connectivity index is 1.19. The van der Waals surface area contributed by atoms with E-state index >= 15 is 0 Å². The quantitative estimate of drug-likeness (QED) is 0.225. The molecule has 1 aromatic heterocycles. The summed E-state index contributed by atoms with van der Waals surface area (Å²) >= 11 is 5.53. The van der Waals surface area contributed by atoms with Gasteiger partial charge in [-0.1, -0.05) is 60.7 Å². The van der Waals surface area contributed by atoms with E-state index in [0.717, 1.165) is 40.4 Å². The van der Waals surface area contributed by atoms with Crippen molar-refractivity contribution in [2.24, 2.45) is 0 Å². The van der Waals surface area contributed by atoms with Gasteiger partial charge in [0, 0.05) is 48.7 Å². The second kappa shape index (κ2) is 10.6. The van der Waals surface area contributed by atoms with Crippen LogP contribution in [0.4, 0.5) is 17.1 Å². The number of benzene rings is 3. The lowest BCUT2D eigenvalue weighted by molar-refractivity contribution is 0.112. The number of hydrogen-bond donors (Lipinski definition) is 0. The normalized spacial score (nSPS) is 19.1. The molecule has 3 heterocycles. The van der Waals surface area contributed by atoms with Crippen LogP contribution in [-0.2, 0) is 0 Å². The Bertz CT molecular complexity index is 1370. The Morgan fingerprint density at radius 1 is 0.750 bits per heavy atom. The van der Waals surface area contributed by atoms with Gasteiger partial charge in [-0.2, -0.15) is 0 Å².